The molecule has 17 heteroatoms. The van der Waals surface area contributed by atoms with Crippen molar-refractivity contribution in [3.05, 3.63) is 12.7 Å². The molecule has 29 heavy (non-hydrogen) atoms. The summed E-state index contributed by atoms with van der Waals surface area (Å²) in [6.45, 7) is 3.44. The first-order valence-electron chi connectivity index (χ1n) is 7.39. The highest BCUT2D eigenvalue weighted by atomic mass is 19.4. The van der Waals surface area contributed by atoms with Crippen molar-refractivity contribution in [3.8, 4) is 0 Å². The molecule has 0 aliphatic heterocycles. The first-order chi connectivity index (χ1) is 12.9. The molecule has 0 spiro atoms. The fourth-order valence-corrected chi connectivity index (χ4v) is 1.42. The van der Waals surface area contributed by atoms with E-state index in [0.29, 0.717) is 6.08 Å². The fourth-order valence-electron chi connectivity index (χ4n) is 1.42. The third kappa shape index (κ3) is 8.66. The van der Waals surface area contributed by atoms with Crippen LogP contribution in [-0.4, -0.2) is 74.1 Å². The van der Waals surface area contributed by atoms with E-state index in [1.54, 1.807) is 0 Å². The Morgan fingerprint density at radius 3 is 1.17 bits per heavy atom. The van der Waals surface area contributed by atoms with Crippen LogP contribution < -0.4 is 0 Å². The van der Waals surface area contributed by atoms with Crippen LogP contribution in [0.2, 0.25) is 0 Å². The average molecular weight is 459 g/mol. The van der Waals surface area contributed by atoms with E-state index < -0.39 is 54.9 Å². The van der Waals surface area contributed by atoms with Gasteiger partial charge in [-0.05, 0) is 8.26 Å². The minimum absolute atomic E-state index is 0.362. The Morgan fingerprint density at radius 1 is 0.862 bits per heavy atom. The fraction of sp³-hybridized carbons (Fsp3) is 0.833. The number of rotatable bonds is 4. The molecule has 0 bridgehead atoms. The van der Waals surface area contributed by atoms with Gasteiger partial charge in [0.25, 0.3) is 11.2 Å². The first-order valence-corrected chi connectivity index (χ1v) is 6.82. The van der Waals surface area contributed by atoms with Gasteiger partial charge in [-0.15, -0.1) is 6.58 Å². The molecule has 0 amide bonds. The SMILES string of the molecule is C=CCC(O)(C(F)(F)F)C(F)(F)F.CC(O)CC(O)(C(F)(F)F)C(F)(F)F.[3H][B][B]. The zero-order chi connectivity index (χ0) is 25.4. The van der Waals surface area contributed by atoms with Gasteiger partial charge < -0.3 is 15.3 Å². The van der Waals surface area contributed by atoms with E-state index in [1.165, 1.54) is 0 Å². The Labute approximate surface area is 160 Å². The number of alkyl halides is 12. The Balaban J connectivity index is -0.000000430. The van der Waals surface area contributed by atoms with Gasteiger partial charge in [0.2, 0.25) is 0 Å². The Morgan fingerprint density at radius 2 is 1.10 bits per heavy atom. The molecule has 171 valence electrons. The quantitative estimate of drug-likeness (QED) is 0.345. The average Bonchev–Trinajstić information content (AvgIpc) is 2.43. The smallest absolute Gasteiger partial charge is 0.393 e. The van der Waals surface area contributed by atoms with Crippen molar-refractivity contribution < 1.29 is 68.0 Å². The van der Waals surface area contributed by atoms with Gasteiger partial charge in [-0.1, -0.05) is 6.08 Å². The van der Waals surface area contributed by atoms with Crippen molar-refractivity contribution in [3.63, 3.8) is 0 Å². The van der Waals surface area contributed by atoms with E-state index in [-0.39, 0.29) is 0 Å². The predicted octanol–water partition coefficient (Wildman–Crippen LogP) is 3.00. The van der Waals surface area contributed by atoms with Crippen LogP contribution in [0.5, 0.6) is 0 Å². The lowest BCUT2D eigenvalue weighted by atomic mass is 9.81. The number of hydrogen-bond donors (Lipinski definition) is 3. The van der Waals surface area contributed by atoms with Crippen molar-refractivity contribution in [1.82, 2.24) is 0 Å². The van der Waals surface area contributed by atoms with Gasteiger partial charge in [0.1, 0.15) is 0 Å². The van der Waals surface area contributed by atoms with Gasteiger partial charge in [-0.2, -0.15) is 52.7 Å². The van der Waals surface area contributed by atoms with Crippen LogP contribution in [0.1, 0.15) is 19.8 Å². The third-order valence-electron chi connectivity index (χ3n) is 2.91. The second-order valence-electron chi connectivity index (χ2n) is 5.26. The third-order valence-corrected chi connectivity index (χ3v) is 2.91. The summed E-state index contributed by atoms with van der Waals surface area (Å²) >= 11 is 0. The molecule has 1 atom stereocenters. The lowest BCUT2D eigenvalue weighted by Gasteiger charge is -2.33. The number of halogens is 12. The van der Waals surface area contributed by atoms with Crippen molar-refractivity contribution in [2.45, 2.75) is 61.8 Å². The minimum Gasteiger partial charge on any atom is -0.393 e. The van der Waals surface area contributed by atoms with E-state index >= 15 is 0 Å². The van der Waals surface area contributed by atoms with Gasteiger partial charge in [0, 0.05) is 28.3 Å². The van der Waals surface area contributed by atoms with Gasteiger partial charge >= 0.3 is 24.7 Å². The Hall–Kier alpha value is -1.09. The molecule has 3 nitrogen and oxygen atoms in total. The number of aliphatic hydroxyl groups is 3. The number of aliphatic hydroxyl groups excluding tert-OH is 1. The molecule has 0 heterocycles. The molecule has 0 aliphatic rings. The first kappa shape index (κ1) is 30.1. The molecule has 3 radical (unpaired) electrons. The molecule has 0 saturated carbocycles. The van der Waals surface area contributed by atoms with Crippen LogP contribution in [0.4, 0.5) is 52.7 Å². The standard InChI is InChI=1S/C6H8F6O2.C6H6F6O.B2H/c1-3(13)2-4(14,5(7,8)9)6(10,11)12;1-2-3-4(13,5(7,8)9)6(10,11)12;1-2/h3,13-14H,2H2,1H3;2,13H,1,3H2;1H/i;;1T. The summed E-state index contributed by atoms with van der Waals surface area (Å²) in [5, 5.41) is 25.3. The van der Waals surface area contributed by atoms with Crippen molar-refractivity contribution in [1.29, 1.82) is 1.34 Å². The van der Waals surface area contributed by atoms with Gasteiger partial charge in [-0.3, -0.25) is 0 Å². The predicted molar refractivity (Wildman–Crippen MR) is 78.1 cm³/mol. The Kier molecular flexibility index (Phi) is 11.2. The van der Waals surface area contributed by atoms with E-state index in [9.17, 15) is 52.7 Å². The summed E-state index contributed by atoms with van der Waals surface area (Å²) in [6.07, 6.45) is -28.2. The summed E-state index contributed by atoms with van der Waals surface area (Å²) in [7, 11) is 5.14. The molecule has 3 N–H and O–H groups in total. The van der Waals surface area contributed by atoms with Crippen LogP contribution in [0.25, 0.3) is 0 Å². The van der Waals surface area contributed by atoms with Gasteiger partial charge in [0.15, 0.2) is 0 Å². The molecule has 0 rings (SSSR count). The van der Waals surface area contributed by atoms with Gasteiger partial charge in [-0.25, -0.2) is 0 Å². The topological polar surface area (TPSA) is 60.7 Å². The monoisotopic (exact) mass is 459 g/mol. The molecule has 0 aliphatic carbocycles. The highest BCUT2D eigenvalue weighted by Gasteiger charge is 2.70. The summed E-state index contributed by atoms with van der Waals surface area (Å²) < 4.78 is 148. The zero-order valence-electron chi connectivity index (χ0n) is 15.3. The molecule has 0 aromatic heterocycles. The zero-order valence-corrected chi connectivity index (χ0v) is 14.3. The van der Waals surface area contributed by atoms with Crippen molar-refractivity contribution >= 4 is 15.4 Å². The van der Waals surface area contributed by atoms with E-state index in [2.05, 4.69) is 14.3 Å². The van der Waals surface area contributed by atoms with Crippen LogP contribution in [0.3, 0.4) is 0 Å². The highest BCUT2D eigenvalue weighted by molar-refractivity contribution is 6.75. The lowest BCUT2D eigenvalue weighted by Crippen LogP contribution is -2.58. The molecule has 0 fully saturated rings. The minimum atomic E-state index is -5.86. The Bertz CT molecular complexity index is 475. The molecule has 1 unspecified atom stereocenters. The number of hydrogen-bond acceptors (Lipinski definition) is 3. The van der Waals surface area contributed by atoms with Crippen molar-refractivity contribution in [2.24, 2.45) is 0 Å². The lowest BCUT2D eigenvalue weighted by molar-refractivity contribution is -0.373. The highest BCUT2D eigenvalue weighted by Crippen LogP contribution is 2.46. The van der Waals surface area contributed by atoms with E-state index in [4.69, 9.17) is 16.7 Å². The molecular weight excluding hydrogens is 442 g/mol. The molecule has 0 aromatic rings. The maximum Gasteiger partial charge on any atom is 0.426 e. The second-order valence-corrected chi connectivity index (χ2v) is 5.26. The summed E-state index contributed by atoms with van der Waals surface area (Å²) in [4.78, 5) is 0. The van der Waals surface area contributed by atoms with Crippen molar-refractivity contribution in [2.75, 3.05) is 0 Å². The second kappa shape index (κ2) is 10.8. The van der Waals surface area contributed by atoms with Crippen LogP contribution in [0, 0.1) is 0 Å². The summed E-state index contributed by atoms with van der Waals surface area (Å²) in [6, 6.07) is 0. The maximum atomic E-state index is 11.9. The van der Waals surface area contributed by atoms with Crippen LogP contribution in [0.15, 0.2) is 12.7 Å². The summed E-state index contributed by atoms with van der Waals surface area (Å²) in [5.74, 6) is 0. The van der Waals surface area contributed by atoms with E-state index in [0.717, 1.165) is 14.6 Å². The normalized spacial score (nSPS) is 15.1. The maximum absolute atomic E-state index is 11.9. The molecular formula is C12H15B2F12O3. The largest absolute Gasteiger partial charge is 0.426 e. The van der Waals surface area contributed by atoms with E-state index in [1.807, 2.05) is 0 Å². The summed E-state index contributed by atoms with van der Waals surface area (Å²) in [5.41, 5.74) is -9.55. The molecule has 0 saturated heterocycles. The van der Waals surface area contributed by atoms with Gasteiger partial charge in [0.05, 0.1) is 6.10 Å². The van der Waals surface area contributed by atoms with Crippen LogP contribution in [-0.2, 0) is 0 Å². The van der Waals surface area contributed by atoms with Crippen LogP contribution >= 0.6 is 0 Å². The molecule has 0 aromatic carbocycles.